The van der Waals surface area contributed by atoms with Crippen LogP contribution in [-0.4, -0.2) is 29.1 Å². The first kappa shape index (κ1) is 23.5. The zero-order valence-electron chi connectivity index (χ0n) is 19.9. The van der Waals surface area contributed by atoms with E-state index in [1.165, 1.54) is 31.5 Å². The summed E-state index contributed by atoms with van der Waals surface area (Å²) in [5, 5.41) is 3.53. The van der Waals surface area contributed by atoms with E-state index in [9.17, 15) is 18.8 Å². The lowest BCUT2D eigenvalue weighted by atomic mass is 9.68. The summed E-state index contributed by atoms with van der Waals surface area (Å²) in [6.45, 7) is 8.77. The van der Waals surface area contributed by atoms with Gasteiger partial charge in [0, 0.05) is 31.1 Å². The molecule has 1 amide bonds. The lowest BCUT2D eigenvalue weighted by Crippen LogP contribution is -2.53. The molecule has 33 heavy (non-hydrogen) atoms. The molecule has 2 fully saturated rings. The van der Waals surface area contributed by atoms with Crippen molar-refractivity contribution in [2.75, 3.05) is 6.61 Å². The molecule has 4 rings (SSSR count). The van der Waals surface area contributed by atoms with E-state index in [1.807, 2.05) is 0 Å². The lowest BCUT2D eigenvalue weighted by Gasteiger charge is -2.43. The van der Waals surface area contributed by atoms with Gasteiger partial charge in [0.1, 0.15) is 11.4 Å². The number of halogens is 1. The fourth-order valence-electron chi connectivity index (χ4n) is 6.18. The first-order valence-corrected chi connectivity index (χ1v) is 11.8. The first-order valence-electron chi connectivity index (χ1n) is 11.8. The Balaban J connectivity index is 1.62. The van der Waals surface area contributed by atoms with Gasteiger partial charge in [-0.2, -0.15) is 0 Å². The molecule has 3 atom stereocenters. The van der Waals surface area contributed by atoms with Crippen LogP contribution < -0.4 is 10.7 Å². The van der Waals surface area contributed by atoms with Crippen LogP contribution in [-0.2, 0) is 16.1 Å². The maximum Gasteiger partial charge on any atom is 0.302 e. The number of carbonyl (C=O) groups excluding carboxylic acids is 2. The molecular weight excluding hydrogens is 423 g/mol. The summed E-state index contributed by atoms with van der Waals surface area (Å²) in [7, 11) is 0. The number of nitrogens with zero attached hydrogens (tertiary/aromatic N) is 1. The molecule has 2 saturated carbocycles. The predicted octanol–water partition coefficient (Wildman–Crippen LogP) is 4.43. The molecule has 2 bridgehead atoms. The molecule has 0 unspecified atom stereocenters. The maximum atomic E-state index is 14.0. The summed E-state index contributed by atoms with van der Waals surface area (Å²) in [4.78, 5) is 37.5. The minimum Gasteiger partial charge on any atom is -0.466 e. The van der Waals surface area contributed by atoms with E-state index in [0.717, 1.165) is 12.8 Å². The van der Waals surface area contributed by atoms with Crippen molar-refractivity contribution in [3.05, 3.63) is 46.0 Å². The fourth-order valence-corrected chi connectivity index (χ4v) is 6.18. The molecule has 0 spiro atoms. The topological polar surface area (TPSA) is 77.4 Å². The third kappa shape index (κ3) is 4.30. The second kappa shape index (κ2) is 8.58. The van der Waals surface area contributed by atoms with Crippen molar-refractivity contribution in [1.29, 1.82) is 0 Å². The number of unbranched alkanes of at least 4 members (excludes halogenated alkanes) is 1. The number of rotatable bonds is 7. The molecule has 0 aliphatic heterocycles. The highest BCUT2D eigenvalue weighted by Gasteiger charge is 2.59. The van der Waals surface area contributed by atoms with Crippen LogP contribution in [0.2, 0.25) is 0 Å². The van der Waals surface area contributed by atoms with Crippen LogP contribution >= 0.6 is 0 Å². The van der Waals surface area contributed by atoms with Crippen LogP contribution in [0.1, 0.15) is 70.2 Å². The van der Waals surface area contributed by atoms with E-state index in [4.69, 9.17) is 4.74 Å². The number of hydrogen-bond acceptors (Lipinski definition) is 4. The van der Waals surface area contributed by atoms with E-state index in [1.54, 1.807) is 10.8 Å². The fraction of sp³-hybridized carbons (Fsp3) is 0.577. The average molecular weight is 457 g/mol. The van der Waals surface area contributed by atoms with E-state index in [2.05, 4.69) is 26.1 Å². The molecule has 6 nitrogen and oxygen atoms in total. The monoisotopic (exact) mass is 456 g/mol. The minimum atomic E-state index is -0.440. The average Bonchev–Trinajstić information content (AvgIpc) is 3.23. The van der Waals surface area contributed by atoms with Crippen LogP contribution in [0, 0.1) is 22.6 Å². The van der Waals surface area contributed by atoms with Gasteiger partial charge in [-0.3, -0.25) is 14.4 Å². The van der Waals surface area contributed by atoms with Gasteiger partial charge in [-0.05, 0) is 67.1 Å². The van der Waals surface area contributed by atoms with Gasteiger partial charge in [0.25, 0.3) is 5.91 Å². The molecule has 1 aromatic carbocycles. The highest BCUT2D eigenvalue weighted by molar-refractivity contribution is 5.97. The quantitative estimate of drug-likeness (QED) is 0.494. The molecule has 2 aliphatic carbocycles. The summed E-state index contributed by atoms with van der Waals surface area (Å²) in [5.41, 5.74) is 0.162. The van der Waals surface area contributed by atoms with Crippen molar-refractivity contribution >= 4 is 22.8 Å². The molecule has 2 aliphatic rings. The standard InChI is InChI=1S/C26H33FN2O4/c1-16(30)33-12-6-5-11-29-15-20(22(31)19-8-7-18(27)13-21(19)29)23(32)28-24-25(2,3)17-9-10-26(24,4)14-17/h7-8,13,15,17,24H,5-6,9-12,14H2,1-4H3,(H,28,32)/t17-,24+,26+/m0/s1. The Morgan fingerprint density at radius 2 is 2.00 bits per heavy atom. The molecule has 0 radical (unpaired) electrons. The van der Waals surface area contributed by atoms with E-state index in [0.29, 0.717) is 42.8 Å². The van der Waals surface area contributed by atoms with Crippen molar-refractivity contribution in [3.8, 4) is 0 Å². The number of benzene rings is 1. The van der Waals surface area contributed by atoms with Gasteiger partial charge >= 0.3 is 5.97 Å². The number of aromatic nitrogens is 1. The van der Waals surface area contributed by atoms with Crippen LogP contribution in [0.4, 0.5) is 4.39 Å². The highest BCUT2D eigenvalue weighted by Crippen LogP contribution is 2.62. The van der Waals surface area contributed by atoms with Crippen molar-refractivity contribution in [2.24, 2.45) is 16.7 Å². The third-order valence-electron chi connectivity index (χ3n) is 7.93. The summed E-state index contributed by atoms with van der Waals surface area (Å²) in [6.07, 6.45) is 6.17. The van der Waals surface area contributed by atoms with Crippen LogP contribution in [0.5, 0.6) is 0 Å². The number of nitrogens with one attached hydrogen (secondary N) is 1. The van der Waals surface area contributed by atoms with Crippen LogP contribution in [0.25, 0.3) is 10.9 Å². The van der Waals surface area contributed by atoms with Crippen LogP contribution in [0.3, 0.4) is 0 Å². The summed E-state index contributed by atoms with van der Waals surface area (Å²) in [5.74, 6) is -0.570. The Labute approximate surface area is 193 Å². The number of esters is 1. The van der Waals surface area contributed by atoms with Gasteiger partial charge in [-0.1, -0.05) is 20.8 Å². The molecule has 2 aromatic rings. The predicted molar refractivity (Wildman–Crippen MR) is 125 cm³/mol. The maximum absolute atomic E-state index is 14.0. The Kier molecular flexibility index (Phi) is 6.10. The van der Waals surface area contributed by atoms with Gasteiger partial charge in [0.05, 0.1) is 12.1 Å². The van der Waals surface area contributed by atoms with Crippen molar-refractivity contribution in [3.63, 3.8) is 0 Å². The summed E-state index contributed by atoms with van der Waals surface area (Å²) in [6, 6.07) is 4.01. The number of carbonyl (C=O) groups is 2. The molecule has 7 heteroatoms. The Morgan fingerprint density at radius 3 is 2.67 bits per heavy atom. The van der Waals surface area contributed by atoms with E-state index in [-0.39, 0.29) is 39.7 Å². The van der Waals surface area contributed by atoms with Crippen molar-refractivity contribution in [1.82, 2.24) is 9.88 Å². The van der Waals surface area contributed by atoms with Gasteiger partial charge in [-0.15, -0.1) is 0 Å². The Morgan fingerprint density at radius 1 is 1.24 bits per heavy atom. The zero-order chi connectivity index (χ0) is 24.0. The van der Waals surface area contributed by atoms with Crippen LogP contribution in [0.15, 0.2) is 29.2 Å². The number of aryl methyl sites for hydroxylation is 1. The first-order chi connectivity index (χ1) is 15.5. The number of ether oxygens (including phenoxy) is 1. The van der Waals surface area contributed by atoms with Gasteiger partial charge in [0.15, 0.2) is 0 Å². The molecule has 1 aromatic heterocycles. The summed E-state index contributed by atoms with van der Waals surface area (Å²) < 4.78 is 20.7. The lowest BCUT2D eigenvalue weighted by molar-refractivity contribution is -0.141. The van der Waals surface area contributed by atoms with Crippen molar-refractivity contribution < 1.29 is 18.7 Å². The second-order valence-corrected chi connectivity index (χ2v) is 10.6. The highest BCUT2D eigenvalue weighted by atomic mass is 19.1. The largest absolute Gasteiger partial charge is 0.466 e. The minimum absolute atomic E-state index is 0.00301. The van der Waals surface area contributed by atoms with Gasteiger partial charge in [-0.25, -0.2) is 4.39 Å². The van der Waals surface area contributed by atoms with Crippen molar-refractivity contribution in [2.45, 2.75) is 72.4 Å². The Bertz CT molecular complexity index is 1150. The number of hydrogen-bond donors (Lipinski definition) is 1. The van der Waals surface area contributed by atoms with E-state index < -0.39 is 5.82 Å². The van der Waals surface area contributed by atoms with Gasteiger partial charge < -0.3 is 14.6 Å². The SMILES string of the molecule is CC(=O)OCCCCn1cc(C(=O)N[C@@H]2C(C)(C)[C@H]3CC[C@]2(C)C3)c(=O)c2ccc(F)cc21. The number of fused-ring (bicyclic) bond motifs is 3. The molecule has 1 N–H and O–H groups in total. The van der Waals surface area contributed by atoms with E-state index >= 15 is 0 Å². The Hall–Kier alpha value is -2.70. The second-order valence-electron chi connectivity index (χ2n) is 10.6. The summed E-state index contributed by atoms with van der Waals surface area (Å²) >= 11 is 0. The molecule has 178 valence electrons. The third-order valence-corrected chi connectivity index (χ3v) is 7.93. The molecular formula is C26H33FN2O4. The molecule has 0 saturated heterocycles. The molecule has 1 heterocycles. The number of amides is 1. The zero-order valence-corrected chi connectivity index (χ0v) is 19.9. The smallest absolute Gasteiger partial charge is 0.302 e. The van der Waals surface area contributed by atoms with Gasteiger partial charge in [0.2, 0.25) is 5.43 Å². The normalized spacial score (nSPS) is 25.4. The number of pyridine rings is 1.